The Morgan fingerprint density at radius 3 is 2.88 bits per heavy atom. The molecule has 1 heterocycles. The van der Waals surface area contributed by atoms with Crippen molar-refractivity contribution >= 4 is 34.4 Å². The van der Waals surface area contributed by atoms with E-state index in [2.05, 4.69) is 15.6 Å². The molecule has 7 nitrogen and oxygen atoms in total. The normalized spacial score (nSPS) is 19.9. The minimum Gasteiger partial charge on any atom is -0.495 e. The maximum Gasteiger partial charge on any atom is 0.240 e. The predicted octanol–water partition coefficient (Wildman–Crippen LogP) is 1.65. The van der Waals surface area contributed by atoms with E-state index < -0.39 is 5.25 Å². The molecule has 0 aliphatic carbocycles. The van der Waals surface area contributed by atoms with Gasteiger partial charge >= 0.3 is 0 Å². The van der Waals surface area contributed by atoms with Crippen LogP contribution in [-0.4, -0.2) is 49.1 Å². The summed E-state index contributed by atoms with van der Waals surface area (Å²) >= 11 is 1.26. The average molecular weight is 351 g/mol. The van der Waals surface area contributed by atoms with Gasteiger partial charge in [0, 0.05) is 13.5 Å². The van der Waals surface area contributed by atoms with Gasteiger partial charge in [-0.2, -0.15) is 0 Å². The second-order valence-corrected chi connectivity index (χ2v) is 6.48. The molecule has 0 spiro atoms. The molecular weight excluding hydrogens is 330 g/mol. The Morgan fingerprint density at radius 2 is 2.17 bits per heavy atom. The summed E-state index contributed by atoms with van der Waals surface area (Å²) in [5.74, 6) is 0.113. The van der Waals surface area contributed by atoms with E-state index in [4.69, 9.17) is 9.47 Å². The maximum absolute atomic E-state index is 12.2. The Balaban J connectivity index is 1.93. The lowest BCUT2D eigenvalue weighted by Gasteiger charge is -2.10. The van der Waals surface area contributed by atoms with Crippen molar-refractivity contribution in [1.82, 2.24) is 5.32 Å². The lowest BCUT2D eigenvalue weighted by atomic mass is 10.2. The number of methoxy groups -OCH3 is 2. The molecule has 2 amide bonds. The van der Waals surface area contributed by atoms with E-state index >= 15 is 0 Å². The van der Waals surface area contributed by atoms with Crippen molar-refractivity contribution in [1.29, 1.82) is 0 Å². The highest BCUT2D eigenvalue weighted by atomic mass is 32.2. The number of para-hydroxylation sites is 2. The number of nitrogens with one attached hydrogen (secondary N) is 2. The van der Waals surface area contributed by atoms with E-state index in [9.17, 15) is 9.59 Å². The summed E-state index contributed by atoms with van der Waals surface area (Å²) in [6.07, 6.45) is 0.0617. The smallest absolute Gasteiger partial charge is 0.240 e. The molecule has 0 aromatic heterocycles. The van der Waals surface area contributed by atoms with Gasteiger partial charge in [-0.3, -0.25) is 14.6 Å². The zero-order valence-electron chi connectivity index (χ0n) is 13.9. The first-order chi connectivity index (χ1) is 11.5. The van der Waals surface area contributed by atoms with E-state index in [0.29, 0.717) is 23.2 Å². The largest absolute Gasteiger partial charge is 0.495 e. The molecule has 0 bridgehead atoms. The molecular formula is C16H21N3O4S. The van der Waals surface area contributed by atoms with Crippen LogP contribution in [0.4, 0.5) is 5.69 Å². The fraction of sp³-hybridized carbons (Fsp3) is 0.438. The van der Waals surface area contributed by atoms with Crippen LogP contribution in [0.2, 0.25) is 0 Å². The third kappa shape index (κ3) is 4.97. The quantitative estimate of drug-likeness (QED) is 0.780. The van der Waals surface area contributed by atoms with Crippen LogP contribution >= 0.6 is 11.8 Å². The molecule has 0 saturated carbocycles. The molecule has 2 rings (SSSR count). The second kappa shape index (κ2) is 8.70. The number of carbonyl (C=O) groups excluding carboxylic acids is 2. The predicted molar refractivity (Wildman–Crippen MR) is 94.5 cm³/mol. The number of amides is 2. The highest BCUT2D eigenvalue weighted by Crippen LogP contribution is 2.26. The Morgan fingerprint density at radius 1 is 1.42 bits per heavy atom. The van der Waals surface area contributed by atoms with Gasteiger partial charge in [-0.05, 0) is 19.1 Å². The molecule has 0 radical (unpaired) electrons. The van der Waals surface area contributed by atoms with Gasteiger partial charge in [0.2, 0.25) is 11.8 Å². The number of nitrogens with zero attached hydrogens (tertiary/aromatic N) is 1. The van der Waals surface area contributed by atoms with Gasteiger partial charge in [-0.1, -0.05) is 23.9 Å². The molecule has 1 aromatic carbocycles. The minimum absolute atomic E-state index is 0.0565. The van der Waals surface area contributed by atoms with Crippen LogP contribution in [0.15, 0.2) is 29.3 Å². The average Bonchev–Trinajstić information content (AvgIpc) is 2.87. The summed E-state index contributed by atoms with van der Waals surface area (Å²) in [7, 11) is 3.14. The Kier molecular flexibility index (Phi) is 6.62. The Bertz CT molecular complexity index is 636. The van der Waals surface area contributed by atoms with Crippen LogP contribution in [0, 0.1) is 0 Å². The second-order valence-electron chi connectivity index (χ2n) is 5.29. The number of ether oxygens (including phenoxy) is 2. The summed E-state index contributed by atoms with van der Waals surface area (Å²) in [6, 6.07) is 7.07. The fourth-order valence-corrected chi connectivity index (χ4v) is 3.27. The van der Waals surface area contributed by atoms with Crippen molar-refractivity contribution in [3.8, 4) is 5.75 Å². The molecule has 130 valence electrons. The SMILES string of the molecule is COCC(C)N=C1NC(=O)C(CC(=O)Nc2ccccc2OC)S1. The molecule has 2 atom stereocenters. The van der Waals surface area contributed by atoms with Crippen molar-refractivity contribution in [2.24, 2.45) is 4.99 Å². The molecule has 2 unspecified atom stereocenters. The van der Waals surface area contributed by atoms with Crippen LogP contribution in [0.5, 0.6) is 5.75 Å². The molecule has 1 aliphatic heterocycles. The number of hydrogen-bond acceptors (Lipinski definition) is 6. The summed E-state index contributed by atoms with van der Waals surface area (Å²) in [5.41, 5.74) is 0.580. The molecule has 2 N–H and O–H groups in total. The maximum atomic E-state index is 12.2. The molecule has 1 aromatic rings. The zero-order chi connectivity index (χ0) is 17.5. The number of thioether (sulfide) groups is 1. The number of benzene rings is 1. The third-order valence-corrected chi connectivity index (χ3v) is 4.37. The van der Waals surface area contributed by atoms with Crippen LogP contribution in [0.1, 0.15) is 13.3 Å². The van der Waals surface area contributed by atoms with Gasteiger partial charge in [0.05, 0.1) is 25.4 Å². The van der Waals surface area contributed by atoms with E-state index in [-0.39, 0.29) is 24.3 Å². The van der Waals surface area contributed by atoms with Crippen molar-refractivity contribution in [2.45, 2.75) is 24.6 Å². The number of aliphatic imine (C=N–C) groups is 1. The lowest BCUT2D eigenvalue weighted by molar-refractivity contribution is -0.122. The summed E-state index contributed by atoms with van der Waals surface area (Å²) in [5, 5.41) is 5.50. The van der Waals surface area contributed by atoms with E-state index in [1.807, 2.05) is 13.0 Å². The molecule has 1 saturated heterocycles. The highest BCUT2D eigenvalue weighted by molar-refractivity contribution is 8.15. The topological polar surface area (TPSA) is 89.0 Å². The first-order valence-electron chi connectivity index (χ1n) is 7.50. The summed E-state index contributed by atoms with van der Waals surface area (Å²) in [6.45, 7) is 2.36. The standard InChI is InChI=1S/C16H21N3O4S/c1-10(9-22-2)17-16-19-15(21)13(24-16)8-14(20)18-11-6-4-5-7-12(11)23-3/h4-7,10,13H,8-9H2,1-3H3,(H,18,20)(H,17,19,21). The van der Waals surface area contributed by atoms with Crippen molar-refractivity contribution in [2.75, 3.05) is 26.1 Å². The molecule has 1 aliphatic rings. The fourth-order valence-electron chi connectivity index (χ4n) is 2.20. The molecule has 1 fully saturated rings. The molecule has 8 heteroatoms. The molecule has 24 heavy (non-hydrogen) atoms. The van der Waals surface area contributed by atoms with Gasteiger partial charge in [0.25, 0.3) is 0 Å². The number of hydrogen-bond donors (Lipinski definition) is 2. The third-order valence-electron chi connectivity index (χ3n) is 3.27. The lowest BCUT2D eigenvalue weighted by Crippen LogP contribution is -2.28. The summed E-state index contributed by atoms with van der Waals surface area (Å²) < 4.78 is 10.2. The zero-order valence-corrected chi connectivity index (χ0v) is 14.7. The van der Waals surface area contributed by atoms with Crippen molar-refractivity contribution < 1.29 is 19.1 Å². The van der Waals surface area contributed by atoms with Crippen LogP contribution in [0.25, 0.3) is 0 Å². The van der Waals surface area contributed by atoms with E-state index in [0.717, 1.165) is 0 Å². The van der Waals surface area contributed by atoms with Crippen molar-refractivity contribution in [3.63, 3.8) is 0 Å². The van der Waals surface area contributed by atoms with Crippen LogP contribution < -0.4 is 15.4 Å². The Labute approximate surface area is 145 Å². The van der Waals surface area contributed by atoms with Gasteiger partial charge in [0.1, 0.15) is 11.0 Å². The number of rotatable bonds is 7. The van der Waals surface area contributed by atoms with Crippen molar-refractivity contribution in [3.05, 3.63) is 24.3 Å². The Hall–Kier alpha value is -2.06. The van der Waals surface area contributed by atoms with Gasteiger partial charge in [-0.15, -0.1) is 0 Å². The number of carbonyl (C=O) groups is 2. The summed E-state index contributed by atoms with van der Waals surface area (Å²) in [4.78, 5) is 28.5. The van der Waals surface area contributed by atoms with Crippen LogP contribution in [-0.2, 0) is 14.3 Å². The van der Waals surface area contributed by atoms with Gasteiger partial charge in [0.15, 0.2) is 5.17 Å². The number of amidine groups is 1. The van der Waals surface area contributed by atoms with E-state index in [1.165, 1.54) is 18.9 Å². The highest BCUT2D eigenvalue weighted by Gasteiger charge is 2.32. The first-order valence-corrected chi connectivity index (χ1v) is 8.38. The van der Waals surface area contributed by atoms with E-state index in [1.54, 1.807) is 25.3 Å². The van der Waals surface area contributed by atoms with Gasteiger partial charge in [-0.25, -0.2) is 0 Å². The number of anilines is 1. The van der Waals surface area contributed by atoms with Crippen LogP contribution in [0.3, 0.4) is 0 Å². The van der Waals surface area contributed by atoms with Gasteiger partial charge < -0.3 is 20.1 Å². The monoisotopic (exact) mass is 351 g/mol. The first kappa shape index (κ1) is 18.3. The minimum atomic E-state index is -0.492.